The molecule has 3 nitrogen and oxygen atoms in total. The normalized spacial score (nSPS) is 12.8. The molecule has 0 amide bonds. The molecule has 0 aromatic carbocycles. The van der Waals surface area contributed by atoms with Gasteiger partial charge in [-0.15, -0.1) is 10.2 Å². The van der Waals surface area contributed by atoms with E-state index in [0.29, 0.717) is 6.04 Å². The fourth-order valence-corrected chi connectivity index (χ4v) is 2.55. The predicted octanol–water partition coefficient (Wildman–Crippen LogP) is 2.85. The number of hydrogen-bond acceptors (Lipinski definition) is 5. The highest BCUT2D eigenvalue weighted by Gasteiger charge is 2.05. The Kier molecular flexibility index (Phi) is 5.05. The molecule has 0 radical (unpaired) electrons. The Hall–Kier alpha value is 0.190. The lowest BCUT2D eigenvalue weighted by Crippen LogP contribution is -2.15. The van der Waals surface area contributed by atoms with E-state index in [9.17, 15) is 0 Å². The molecule has 13 heavy (non-hydrogen) atoms. The monoisotopic (exact) mass is 281 g/mol. The summed E-state index contributed by atoms with van der Waals surface area (Å²) in [6.45, 7) is 2.16. The third-order valence-electron chi connectivity index (χ3n) is 1.53. The van der Waals surface area contributed by atoms with Gasteiger partial charge in [0.2, 0.25) is 5.13 Å². The first kappa shape index (κ1) is 11.3. The van der Waals surface area contributed by atoms with Gasteiger partial charge in [-0.25, -0.2) is 0 Å². The summed E-state index contributed by atoms with van der Waals surface area (Å²) in [4.78, 5) is 0. The minimum Gasteiger partial charge on any atom is -0.358 e. The molecule has 6 heteroatoms. The van der Waals surface area contributed by atoms with Gasteiger partial charge in [0.05, 0.1) is 0 Å². The molecule has 1 rings (SSSR count). The van der Waals surface area contributed by atoms with Crippen LogP contribution in [-0.4, -0.2) is 28.2 Å². The molecule has 0 spiro atoms. The van der Waals surface area contributed by atoms with Crippen LogP contribution in [0.1, 0.15) is 13.3 Å². The summed E-state index contributed by atoms with van der Waals surface area (Å²) >= 11 is 6.67. The highest BCUT2D eigenvalue weighted by molar-refractivity contribution is 9.11. The van der Waals surface area contributed by atoms with Gasteiger partial charge >= 0.3 is 0 Å². The minimum absolute atomic E-state index is 0.465. The molecule has 0 saturated carbocycles. The summed E-state index contributed by atoms with van der Waals surface area (Å²) in [5.41, 5.74) is 0. The smallest absolute Gasteiger partial charge is 0.206 e. The summed E-state index contributed by atoms with van der Waals surface area (Å²) in [5.74, 6) is 1.17. The van der Waals surface area contributed by atoms with Crippen LogP contribution in [0.3, 0.4) is 0 Å². The van der Waals surface area contributed by atoms with Crippen molar-refractivity contribution in [3.63, 3.8) is 0 Å². The molecule has 1 aromatic heterocycles. The van der Waals surface area contributed by atoms with E-state index in [1.165, 1.54) is 17.1 Å². The van der Waals surface area contributed by atoms with E-state index >= 15 is 0 Å². The average molecular weight is 282 g/mol. The van der Waals surface area contributed by atoms with Crippen LogP contribution in [0.4, 0.5) is 5.13 Å². The lowest BCUT2D eigenvalue weighted by molar-refractivity contribution is 0.768. The molecule has 1 atom stereocenters. The van der Waals surface area contributed by atoms with E-state index in [-0.39, 0.29) is 0 Å². The van der Waals surface area contributed by atoms with E-state index in [1.54, 1.807) is 0 Å². The number of anilines is 1. The lowest BCUT2D eigenvalue weighted by atomic mass is 10.3. The molecule has 0 aliphatic rings. The second kappa shape index (κ2) is 5.82. The van der Waals surface area contributed by atoms with Crippen LogP contribution in [0.15, 0.2) is 3.92 Å². The highest BCUT2D eigenvalue weighted by Crippen LogP contribution is 2.21. The maximum Gasteiger partial charge on any atom is 0.206 e. The third-order valence-corrected chi connectivity index (χ3v) is 3.46. The van der Waals surface area contributed by atoms with Crippen molar-refractivity contribution < 1.29 is 0 Å². The Labute approximate surface area is 94.8 Å². The van der Waals surface area contributed by atoms with Crippen LogP contribution in [0.5, 0.6) is 0 Å². The SMILES string of the molecule is CSCCC(C)Nc1nnc(Br)s1. The first-order valence-corrected chi connectivity index (χ1v) is 6.97. The summed E-state index contributed by atoms with van der Waals surface area (Å²) in [6, 6.07) is 0.465. The van der Waals surface area contributed by atoms with E-state index < -0.39 is 0 Å². The van der Waals surface area contributed by atoms with Crippen molar-refractivity contribution >= 4 is 44.2 Å². The van der Waals surface area contributed by atoms with Gasteiger partial charge in [0.25, 0.3) is 0 Å². The highest BCUT2D eigenvalue weighted by atomic mass is 79.9. The predicted molar refractivity (Wildman–Crippen MR) is 63.7 cm³/mol. The van der Waals surface area contributed by atoms with Crippen molar-refractivity contribution in [2.75, 3.05) is 17.3 Å². The van der Waals surface area contributed by atoms with Crippen LogP contribution in [0, 0.1) is 0 Å². The van der Waals surface area contributed by atoms with Crippen molar-refractivity contribution in [3.8, 4) is 0 Å². The van der Waals surface area contributed by atoms with Crippen molar-refractivity contribution in [2.45, 2.75) is 19.4 Å². The first-order chi connectivity index (χ1) is 6.22. The maximum absolute atomic E-state index is 3.97. The van der Waals surface area contributed by atoms with Gasteiger partial charge in [-0.1, -0.05) is 11.3 Å². The average Bonchev–Trinajstić information content (AvgIpc) is 2.48. The molecular weight excluding hydrogens is 270 g/mol. The molecule has 0 fully saturated rings. The number of thioether (sulfide) groups is 1. The number of rotatable bonds is 5. The van der Waals surface area contributed by atoms with Crippen molar-refractivity contribution in [3.05, 3.63) is 3.92 Å². The standard InChI is InChI=1S/C7H12BrN3S2/c1-5(3-4-12-2)9-7-11-10-6(8)13-7/h5H,3-4H2,1-2H3,(H,9,11). The van der Waals surface area contributed by atoms with Gasteiger partial charge in [0, 0.05) is 6.04 Å². The van der Waals surface area contributed by atoms with Crippen LogP contribution in [-0.2, 0) is 0 Å². The topological polar surface area (TPSA) is 37.8 Å². The maximum atomic E-state index is 3.97. The zero-order chi connectivity index (χ0) is 9.68. The molecule has 1 aromatic rings. The Bertz CT molecular complexity index is 254. The molecule has 0 saturated heterocycles. The van der Waals surface area contributed by atoms with Crippen LogP contribution < -0.4 is 5.32 Å². The second-order valence-corrected chi connectivity index (χ2v) is 5.93. The van der Waals surface area contributed by atoms with E-state index in [1.807, 2.05) is 11.8 Å². The number of nitrogens with one attached hydrogen (secondary N) is 1. The summed E-state index contributed by atoms with van der Waals surface area (Å²) in [5, 5.41) is 12.0. The van der Waals surface area contributed by atoms with Crippen LogP contribution >= 0.6 is 39.0 Å². The van der Waals surface area contributed by atoms with Gasteiger partial charge in [-0.05, 0) is 41.3 Å². The van der Waals surface area contributed by atoms with E-state index in [0.717, 1.165) is 15.5 Å². The molecule has 0 aliphatic carbocycles. The van der Waals surface area contributed by atoms with Gasteiger partial charge in [-0.3, -0.25) is 0 Å². The van der Waals surface area contributed by atoms with E-state index in [4.69, 9.17) is 0 Å². The first-order valence-electron chi connectivity index (χ1n) is 3.97. The van der Waals surface area contributed by atoms with Crippen LogP contribution in [0.25, 0.3) is 0 Å². The van der Waals surface area contributed by atoms with Crippen LogP contribution in [0.2, 0.25) is 0 Å². The Morgan fingerprint density at radius 2 is 2.38 bits per heavy atom. The fourth-order valence-electron chi connectivity index (χ4n) is 0.841. The summed E-state index contributed by atoms with van der Waals surface area (Å²) in [7, 11) is 0. The number of halogens is 1. The summed E-state index contributed by atoms with van der Waals surface area (Å²) < 4.78 is 0.826. The molecule has 0 bridgehead atoms. The molecule has 1 heterocycles. The molecule has 0 aliphatic heterocycles. The Morgan fingerprint density at radius 3 is 2.92 bits per heavy atom. The van der Waals surface area contributed by atoms with Gasteiger partial charge in [-0.2, -0.15) is 11.8 Å². The zero-order valence-electron chi connectivity index (χ0n) is 7.58. The fraction of sp³-hybridized carbons (Fsp3) is 0.714. The Morgan fingerprint density at radius 1 is 1.62 bits per heavy atom. The van der Waals surface area contributed by atoms with Crippen molar-refractivity contribution in [1.82, 2.24) is 10.2 Å². The summed E-state index contributed by atoms with van der Waals surface area (Å²) in [6.07, 6.45) is 3.27. The number of nitrogens with zero attached hydrogens (tertiary/aromatic N) is 2. The van der Waals surface area contributed by atoms with Crippen molar-refractivity contribution in [2.24, 2.45) is 0 Å². The van der Waals surface area contributed by atoms with Gasteiger partial charge < -0.3 is 5.32 Å². The largest absolute Gasteiger partial charge is 0.358 e. The number of aromatic nitrogens is 2. The Balaban J connectivity index is 2.31. The van der Waals surface area contributed by atoms with Gasteiger partial charge in [0.1, 0.15) is 0 Å². The molecular formula is C7H12BrN3S2. The van der Waals surface area contributed by atoms with E-state index in [2.05, 4.69) is 44.6 Å². The molecule has 1 N–H and O–H groups in total. The minimum atomic E-state index is 0.465. The molecule has 1 unspecified atom stereocenters. The second-order valence-electron chi connectivity index (χ2n) is 2.69. The zero-order valence-corrected chi connectivity index (χ0v) is 10.8. The van der Waals surface area contributed by atoms with Gasteiger partial charge in [0.15, 0.2) is 3.92 Å². The quantitative estimate of drug-likeness (QED) is 0.901. The third kappa shape index (κ3) is 4.28. The lowest BCUT2D eigenvalue weighted by Gasteiger charge is -2.10. The molecule has 74 valence electrons. The van der Waals surface area contributed by atoms with Crippen molar-refractivity contribution in [1.29, 1.82) is 0 Å². The number of hydrogen-bond donors (Lipinski definition) is 1.